The van der Waals surface area contributed by atoms with E-state index in [1.54, 1.807) is 13.2 Å². The van der Waals surface area contributed by atoms with E-state index >= 15 is 0 Å². The second-order valence-corrected chi connectivity index (χ2v) is 6.77. The molecular formula is C19H14Cl2N4O. The second kappa shape index (κ2) is 6.59. The minimum atomic E-state index is -0.354. The van der Waals surface area contributed by atoms with E-state index in [1.165, 1.54) is 10.1 Å². The van der Waals surface area contributed by atoms with Crippen LogP contribution in [-0.2, 0) is 13.6 Å². The summed E-state index contributed by atoms with van der Waals surface area (Å²) in [5, 5.41) is 4.76. The molecule has 4 aromatic rings. The van der Waals surface area contributed by atoms with Crippen LogP contribution < -0.4 is 5.56 Å². The van der Waals surface area contributed by atoms with Crippen molar-refractivity contribution in [2.45, 2.75) is 6.54 Å². The molecule has 2 heterocycles. The zero-order valence-corrected chi connectivity index (χ0v) is 15.4. The predicted octanol–water partition coefficient (Wildman–Crippen LogP) is 4.15. The van der Waals surface area contributed by atoms with Gasteiger partial charge in [-0.05, 0) is 23.3 Å². The highest BCUT2D eigenvalue weighted by Crippen LogP contribution is 2.29. The van der Waals surface area contributed by atoms with E-state index in [9.17, 15) is 4.79 Å². The molecule has 0 radical (unpaired) electrons. The molecule has 0 amide bonds. The summed E-state index contributed by atoms with van der Waals surface area (Å²) < 4.78 is 3.32. The molecule has 0 bridgehead atoms. The predicted molar refractivity (Wildman–Crippen MR) is 104 cm³/mol. The Balaban J connectivity index is 1.77. The molecule has 0 aliphatic rings. The summed E-state index contributed by atoms with van der Waals surface area (Å²) in [6.45, 7) is 0.678. The lowest BCUT2D eigenvalue weighted by Crippen LogP contribution is -2.19. The van der Waals surface area contributed by atoms with Crippen LogP contribution in [0.5, 0.6) is 0 Å². The molecule has 0 N–H and O–H groups in total. The maximum Gasteiger partial charge on any atom is 0.288 e. The third kappa shape index (κ3) is 3.00. The first-order chi connectivity index (χ1) is 12.5. The summed E-state index contributed by atoms with van der Waals surface area (Å²) in [6, 6.07) is 13.8. The fraction of sp³-hybridized carbons (Fsp3) is 0.105. The van der Waals surface area contributed by atoms with E-state index in [0.29, 0.717) is 22.6 Å². The molecule has 0 saturated heterocycles. The van der Waals surface area contributed by atoms with Gasteiger partial charge in [-0.2, -0.15) is 5.10 Å². The van der Waals surface area contributed by atoms with Gasteiger partial charge in [-0.15, -0.1) is 0 Å². The van der Waals surface area contributed by atoms with Crippen molar-refractivity contribution in [3.8, 4) is 11.1 Å². The SMILES string of the molecule is Cn1c(=O)c(Cl)nc2c(Cl)cc(-c3cnn(Cc4ccccc4)c3)cc21. The van der Waals surface area contributed by atoms with Crippen molar-refractivity contribution >= 4 is 34.2 Å². The normalized spacial score (nSPS) is 11.2. The van der Waals surface area contributed by atoms with Crippen LogP contribution >= 0.6 is 23.2 Å². The Labute approximate surface area is 159 Å². The number of aromatic nitrogens is 4. The van der Waals surface area contributed by atoms with Crippen molar-refractivity contribution in [3.05, 3.63) is 81.0 Å². The van der Waals surface area contributed by atoms with E-state index in [-0.39, 0.29) is 10.7 Å². The lowest BCUT2D eigenvalue weighted by molar-refractivity contribution is 0.687. The van der Waals surface area contributed by atoms with Gasteiger partial charge in [-0.3, -0.25) is 9.48 Å². The van der Waals surface area contributed by atoms with Crippen LogP contribution in [0.2, 0.25) is 10.2 Å². The number of hydrogen-bond acceptors (Lipinski definition) is 3. The Hall–Kier alpha value is -2.63. The fourth-order valence-corrected chi connectivity index (χ4v) is 3.35. The molecule has 130 valence electrons. The van der Waals surface area contributed by atoms with E-state index in [4.69, 9.17) is 23.2 Å². The van der Waals surface area contributed by atoms with Crippen molar-refractivity contribution in [2.75, 3.05) is 0 Å². The van der Waals surface area contributed by atoms with Gasteiger partial charge in [-0.25, -0.2) is 4.98 Å². The Morgan fingerprint density at radius 2 is 1.85 bits per heavy atom. The van der Waals surface area contributed by atoms with Gasteiger partial charge in [0, 0.05) is 18.8 Å². The van der Waals surface area contributed by atoms with Gasteiger partial charge in [0.2, 0.25) is 0 Å². The maximum atomic E-state index is 12.1. The van der Waals surface area contributed by atoms with Gasteiger partial charge in [0.15, 0.2) is 5.15 Å². The summed E-state index contributed by atoms with van der Waals surface area (Å²) in [4.78, 5) is 16.2. The molecule has 26 heavy (non-hydrogen) atoms. The smallest absolute Gasteiger partial charge is 0.288 e. The highest BCUT2D eigenvalue weighted by Gasteiger charge is 2.13. The fourth-order valence-electron chi connectivity index (χ4n) is 2.88. The quantitative estimate of drug-likeness (QED) is 0.532. The Kier molecular flexibility index (Phi) is 4.26. The maximum absolute atomic E-state index is 12.1. The Morgan fingerprint density at radius 3 is 2.62 bits per heavy atom. The average molecular weight is 385 g/mol. The number of hydrogen-bond donors (Lipinski definition) is 0. The lowest BCUT2D eigenvalue weighted by atomic mass is 10.1. The van der Waals surface area contributed by atoms with Crippen LogP contribution in [0.25, 0.3) is 22.2 Å². The van der Waals surface area contributed by atoms with Gasteiger partial charge < -0.3 is 4.57 Å². The average Bonchev–Trinajstić information content (AvgIpc) is 3.10. The summed E-state index contributed by atoms with van der Waals surface area (Å²) in [5.41, 5.74) is 3.71. The monoisotopic (exact) mass is 384 g/mol. The lowest BCUT2D eigenvalue weighted by Gasteiger charge is -2.08. The summed E-state index contributed by atoms with van der Waals surface area (Å²) in [6.07, 6.45) is 3.73. The zero-order chi connectivity index (χ0) is 18.3. The van der Waals surface area contributed by atoms with Crippen LogP contribution in [-0.4, -0.2) is 19.3 Å². The Morgan fingerprint density at radius 1 is 1.08 bits per heavy atom. The molecule has 0 saturated carbocycles. The van der Waals surface area contributed by atoms with Gasteiger partial charge in [0.25, 0.3) is 5.56 Å². The second-order valence-electron chi connectivity index (χ2n) is 6.00. The summed E-state index contributed by atoms with van der Waals surface area (Å²) >= 11 is 12.3. The molecule has 0 aliphatic heterocycles. The molecule has 0 spiro atoms. The number of aryl methyl sites for hydroxylation is 1. The molecule has 2 aromatic heterocycles. The number of benzene rings is 2. The summed E-state index contributed by atoms with van der Waals surface area (Å²) in [7, 11) is 1.65. The minimum absolute atomic E-state index is 0.0923. The Bertz CT molecular complexity index is 1170. The van der Waals surface area contributed by atoms with Crippen molar-refractivity contribution in [3.63, 3.8) is 0 Å². The van der Waals surface area contributed by atoms with Gasteiger partial charge >= 0.3 is 0 Å². The van der Waals surface area contributed by atoms with Crippen LogP contribution in [0, 0.1) is 0 Å². The molecule has 0 fully saturated rings. The molecule has 4 rings (SSSR count). The van der Waals surface area contributed by atoms with Crippen molar-refractivity contribution < 1.29 is 0 Å². The van der Waals surface area contributed by atoms with Gasteiger partial charge in [0.05, 0.1) is 23.3 Å². The zero-order valence-electron chi connectivity index (χ0n) is 13.9. The molecule has 2 aromatic carbocycles. The molecule has 0 aliphatic carbocycles. The van der Waals surface area contributed by atoms with E-state index in [2.05, 4.69) is 22.2 Å². The van der Waals surface area contributed by atoms with E-state index < -0.39 is 0 Å². The highest BCUT2D eigenvalue weighted by atomic mass is 35.5. The van der Waals surface area contributed by atoms with Crippen LogP contribution in [0.4, 0.5) is 0 Å². The van der Waals surface area contributed by atoms with Crippen molar-refractivity contribution in [1.82, 2.24) is 19.3 Å². The van der Waals surface area contributed by atoms with Crippen LogP contribution in [0.1, 0.15) is 5.56 Å². The minimum Gasteiger partial charge on any atom is -0.307 e. The third-order valence-corrected chi connectivity index (χ3v) is 4.78. The van der Waals surface area contributed by atoms with Crippen LogP contribution in [0.3, 0.4) is 0 Å². The number of nitrogens with zero attached hydrogens (tertiary/aromatic N) is 4. The van der Waals surface area contributed by atoms with Crippen LogP contribution in [0.15, 0.2) is 59.7 Å². The first-order valence-electron chi connectivity index (χ1n) is 7.95. The standard InChI is InChI=1S/C19H14Cl2N4O/c1-24-16-8-13(7-15(20)17(16)23-18(21)19(24)26)14-9-22-25(11-14)10-12-5-3-2-4-6-12/h2-9,11H,10H2,1H3. The number of rotatable bonds is 3. The topological polar surface area (TPSA) is 52.7 Å². The summed E-state index contributed by atoms with van der Waals surface area (Å²) in [5.74, 6) is 0. The highest BCUT2D eigenvalue weighted by molar-refractivity contribution is 6.36. The molecular weight excluding hydrogens is 371 g/mol. The van der Waals surface area contributed by atoms with Crippen molar-refractivity contribution in [1.29, 1.82) is 0 Å². The van der Waals surface area contributed by atoms with E-state index in [1.807, 2.05) is 41.2 Å². The molecule has 0 atom stereocenters. The first kappa shape index (κ1) is 16.8. The molecule has 5 nitrogen and oxygen atoms in total. The van der Waals surface area contributed by atoms with Gasteiger partial charge in [0.1, 0.15) is 5.52 Å². The van der Waals surface area contributed by atoms with Crippen molar-refractivity contribution in [2.24, 2.45) is 7.05 Å². The molecule has 7 heteroatoms. The van der Waals surface area contributed by atoms with E-state index in [0.717, 1.165) is 11.1 Å². The third-order valence-electron chi connectivity index (χ3n) is 4.25. The first-order valence-corrected chi connectivity index (χ1v) is 8.71. The molecule has 0 unspecified atom stereocenters. The number of halogens is 2. The largest absolute Gasteiger partial charge is 0.307 e. The number of fused-ring (bicyclic) bond motifs is 1. The van der Waals surface area contributed by atoms with Gasteiger partial charge in [-0.1, -0.05) is 53.5 Å².